The van der Waals surface area contributed by atoms with E-state index in [4.69, 9.17) is 10.2 Å². The third-order valence-electron chi connectivity index (χ3n) is 0.357. The van der Waals surface area contributed by atoms with Crippen molar-refractivity contribution in [3.8, 4) is 0 Å². The molecule has 0 aromatic carbocycles. The second-order valence-corrected chi connectivity index (χ2v) is 1.01. The summed E-state index contributed by atoms with van der Waals surface area (Å²) in [6, 6.07) is 0. The maximum atomic E-state index is 9.45. The zero-order valence-electron chi connectivity index (χ0n) is 5.24. The Morgan fingerprint density at radius 3 is 1.67 bits per heavy atom. The van der Waals surface area contributed by atoms with E-state index in [1.54, 1.807) is 0 Å². The number of rotatable bonds is 1. The minimum atomic E-state index is -1.23. The molecule has 0 aliphatic heterocycles. The monoisotopic (exact) mass is 166 g/mol. The van der Waals surface area contributed by atoms with Crippen LogP contribution >= 0.6 is 12.4 Å². The molecule has 0 aromatic heterocycles. The molecule has 0 aliphatic carbocycles. The molecule has 0 rings (SSSR count). The summed E-state index contributed by atoms with van der Waals surface area (Å²) in [7, 11) is 0. The van der Waals surface area contributed by atoms with E-state index in [-0.39, 0.29) is 47.4 Å². The molecule has 0 radical (unpaired) electrons. The SMILES string of the molecule is CC(O)C(=O)O.Cl.[Na+].[OH-]. The van der Waals surface area contributed by atoms with Crippen LogP contribution in [0.4, 0.5) is 0 Å². The molecule has 6 heteroatoms. The minimum Gasteiger partial charge on any atom is -0.870 e. The van der Waals surface area contributed by atoms with Gasteiger partial charge in [0.05, 0.1) is 0 Å². The molecule has 0 bridgehead atoms. The molecule has 52 valence electrons. The van der Waals surface area contributed by atoms with E-state index in [0.717, 1.165) is 0 Å². The van der Waals surface area contributed by atoms with Gasteiger partial charge in [-0.2, -0.15) is 0 Å². The maximum absolute atomic E-state index is 9.45. The Morgan fingerprint density at radius 1 is 1.56 bits per heavy atom. The Hall–Kier alpha value is 0.680. The summed E-state index contributed by atoms with van der Waals surface area (Å²) in [5, 5.41) is 15.8. The summed E-state index contributed by atoms with van der Waals surface area (Å²) in [5.74, 6) is -1.19. The van der Waals surface area contributed by atoms with Crippen LogP contribution in [-0.2, 0) is 4.79 Å². The number of carboxylic acid groups (broad SMARTS) is 1. The van der Waals surface area contributed by atoms with E-state index < -0.39 is 12.1 Å². The van der Waals surface area contributed by atoms with Crippen molar-refractivity contribution in [3.05, 3.63) is 0 Å². The summed E-state index contributed by atoms with van der Waals surface area (Å²) < 4.78 is 0. The third-order valence-corrected chi connectivity index (χ3v) is 0.357. The summed E-state index contributed by atoms with van der Waals surface area (Å²) in [4.78, 5) is 9.45. The number of aliphatic hydroxyl groups is 1. The average molecular weight is 167 g/mol. The van der Waals surface area contributed by atoms with E-state index in [1.807, 2.05) is 0 Å². The summed E-state index contributed by atoms with van der Waals surface area (Å²) in [6.07, 6.45) is -1.23. The van der Waals surface area contributed by atoms with Crippen LogP contribution in [0.5, 0.6) is 0 Å². The topological polar surface area (TPSA) is 87.5 Å². The third kappa shape index (κ3) is 17.7. The molecule has 0 saturated carbocycles. The van der Waals surface area contributed by atoms with Gasteiger partial charge < -0.3 is 15.7 Å². The van der Waals surface area contributed by atoms with Gasteiger partial charge in [-0.1, -0.05) is 0 Å². The van der Waals surface area contributed by atoms with Crippen molar-refractivity contribution in [1.29, 1.82) is 0 Å². The van der Waals surface area contributed by atoms with Gasteiger partial charge in [0.1, 0.15) is 6.10 Å². The molecule has 0 spiro atoms. The zero-order chi connectivity index (χ0) is 5.15. The van der Waals surface area contributed by atoms with Gasteiger partial charge in [-0.3, -0.25) is 0 Å². The Balaban J connectivity index is -0.0000000417. The number of hydrogen-bond acceptors (Lipinski definition) is 3. The molecule has 1 unspecified atom stereocenters. The van der Waals surface area contributed by atoms with Gasteiger partial charge in [0.25, 0.3) is 0 Å². The number of halogens is 1. The first-order valence-corrected chi connectivity index (χ1v) is 1.55. The predicted molar refractivity (Wildman–Crippen MR) is 28.5 cm³/mol. The van der Waals surface area contributed by atoms with Gasteiger partial charge >= 0.3 is 35.5 Å². The van der Waals surface area contributed by atoms with Gasteiger partial charge in [0.15, 0.2) is 0 Å². The molecule has 0 fully saturated rings. The van der Waals surface area contributed by atoms with Crippen molar-refractivity contribution in [2.24, 2.45) is 0 Å². The zero-order valence-corrected chi connectivity index (χ0v) is 8.05. The molecule has 0 saturated heterocycles. The summed E-state index contributed by atoms with van der Waals surface area (Å²) in [5.41, 5.74) is 0. The smallest absolute Gasteiger partial charge is 0.870 e. The predicted octanol–water partition coefficient (Wildman–Crippen LogP) is -3.30. The first kappa shape index (κ1) is 22.6. The Kier molecular flexibility index (Phi) is 28.8. The Labute approximate surface area is 81.3 Å². The first-order valence-electron chi connectivity index (χ1n) is 1.55. The number of hydrogen-bond donors (Lipinski definition) is 2. The van der Waals surface area contributed by atoms with Gasteiger partial charge in [0.2, 0.25) is 0 Å². The van der Waals surface area contributed by atoms with Crippen molar-refractivity contribution in [2.75, 3.05) is 0 Å². The maximum Gasteiger partial charge on any atom is 1.00 e. The van der Waals surface area contributed by atoms with Crippen LogP contribution in [0.2, 0.25) is 0 Å². The van der Waals surface area contributed by atoms with E-state index >= 15 is 0 Å². The van der Waals surface area contributed by atoms with Crippen LogP contribution in [0.25, 0.3) is 0 Å². The summed E-state index contributed by atoms with van der Waals surface area (Å²) >= 11 is 0. The van der Waals surface area contributed by atoms with Crippen LogP contribution in [0, 0.1) is 0 Å². The molecule has 1 atom stereocenters. The largest absolute Gasteiger partial charge is 1.00 e. The van der Waals surface area contributed by atoms with Crippen molar-refractivity contribution >= 4 is 18.4 Å². The van der Waals surface area contributed by atoms with E-state index in [0.29, 0.717) is 0 Å². The number of carboxylic acids is 1. The Morgan fingerprint density at radius 2 is 1.67 bits per heavy atom. The minimum absolute atomic E-state index is 0. The van der Waals surface area contributed by atoms with Crippen LogP contribution in [0.3, 0.4) is 0 Å². The molecular formula is C3H8ClNaO4. The van der Waals surface area contributed by atoms with E-state index in [2.05, 4.69) is 0 Å². The first-order chi connectivity index (χ1) is 2.64. The average Bonchev–Trinajstić information content (AvgIpc) is 1.36. The number of aliphatic carboxylic acids is 1. The molecule has 4 nitrogen and oxygen atoms in total. The molecule has 9 heavy (non-hydrogen) atoms. The second-order valence-electron chi connectivity index (χ2n) is 1.01. The van der Waals surface area contributed by atoms with Crippen molar-refractivity contribution in [1.82, 2.24) is 0 Å². The van der Waals surface area contributed by atoms with Crippen molar-refractivity contribution < 1.29 is 50.0 Å². The van der Waals surface area contributed by atoms with Crippen molar-refractivity contribution in [3.63, 3.8) is 0 Å². The standard InChI is InChI=1S/C3H6O3.ClH.Na.H2O/c1-2(4)3(5)6;;;/h2,4H,1H3,(H,5,6);1H;;1H2/q;;+1;/p-1. The van der Waals surface area contributed by atoms with Crippen LogP contribution < -0.4 is 29.6 Å². The fourth-order valence-electron chi connectivity index (χ4n) is 0. The van der Waals surface area contributed by atoms with Gasteiger partial charge in [0, 0.05) is 0 Å². The number of aliphatic hydroxyl groups excluding tert-OH is 1. The van der Waals surface area contributed by atoms with Crippen LogP contribution in [0.15, 0.2) is 0 Å². The Bertz CT molecular complexity index is 66.8. The second kappa shape index (κ2) is 11.5. The van der Waals surface area contributed by atoms with Crippen LogP contribution in [0.1, 0.15) is 6.92 Å². The summed E-state index contributed by atoms with van der Waals surface area (Å²) in [6.45, 7) is 1.20. The van der Waals surface area contributed by atoms with Crippen LogP contribution in [-0.4, -0.2) is 27.8 Å². The molecule has 0 aromatic rings. The molecule has 0 amide bonds. The fraction of sp³-hybridized carbons (Fsp3) is 0.667. The molecule has 0 aliphatic rings. The fourth-order valence-corrected chi connectivity index (χ4v) is 0. The van der Waals surface area contributed by atoms with E-state index in [9.17, 15) is 4.79 Å². The van der Waals surface area contributed by atoms with Gasteiger partial charge in [-0.25, -0.2) is 4.79 Å². The van der Waals surface area contributed by atoms with Gasteiger partial charge in [-0.05, 0) is 6.92 Å². The van der Waals surface area contributed by atoms with E-state index in [1.165, 1.54) is 6.92 Å². The normalized spacial score (nSPS) is 9.11. The van der Waals surface area contributed by atoms with Gasteiger partial charge in [-0.15, -0.1) is 12.4 Å². The molecule has 3 N–H and O–H groups in total. The molecule has 0 heterocycles. The number of carbonyl (C=O) groups is 1. The van der Waals surface area contributed by atoms with Crippen molar-refractivity contribution in [2.45, 2.75) is 13.0 Å². The quantitative estimate of drug-likeness (QED) is 0.400. The molecular weight excluding hydrogens is 158 g/mol.